The molecule has 35 heavy (non-hydrogen) atoms. The number of aryl methyl sites for hydroxylation is 1. The van der Waals surface area contributed by atoms with Crippen molar-refractivity contribution in [2.45, 2.75) is 84.2 Å². The lowest BCUT2D eigenvalue weighted by molar-refractivity contribution is -0.135. The maximum Gasteiger partial charge on any atom is 0.407 e. The Morgan fingerprint density at radius 3 is 2.66 bits per heavy atom. The Balaban J connectivity index is 1.41. The van der Waals surface area contributed by atoms with Gasteiger partial charge in [-0.05, 0) is 77.0 Å². The average Bonchev–Trinajstić information content (AvgIpc) is 3.16. The van der Waals surface area contributed by atoms with Crippen LogP contribution >= 0.6 is 0 Å². The third kappa shape index (κ3) is 7.80. The molecule has 0 bridgehead atoms. The molecule has 3 rings (SSSR count). The van der Waals surface area contributed by atoms with Gasteiger partial charge in [0, 0.05) is 31.6 Å². The van der Waals surface area contributed by atoms with Crippen molar-refractivity contribution in [1.82, 2.24) is 15.5 Å². The zero-order valence-corrected chi connectivity index (χ0v) is 21.3. The van der Waals surface area contributed by atoms with Gasteiger partial charge in [-0.25, -0.2) is 4.79 Å². The van der Waals surface area contributed by atoms with Crippen molar-refractivity contribution < 1.29 is 23.9 Å². The number of benzene rings is 1. The van der Waals surface area contributed by atoms with Crippen molar-refractivity contribution in [3.05, 3.63) is 35.4 Å². The van der Waals surface area contributed by atoms with E-state index in [-0.39, 0.29) is 23.8 Å². The second-order valence-corrected chi connectivity index (χ2v) is 10.8. The maximum atomic E-state index is 13.2. The first-order chi connectivity index (χ1) is 16.6. The van der Waals surface area contributed by atoms with Gasteiger partial charge >= 0.3 is 6.09 Å². The number of nitrogens with one attached hydrogen (secondary N) is 2. The van der Waals surface area contributed by atoms with E-state index in [9.17, 15) is 19.2 Å². The van der Waals surface area contributed by atoms with E-state index in [0.29, 0.717) is 50.9 Å². The Morgan fingerprint density at radius 1 is 1.11 bits per heavy atom. The number of ether oxygens (including phenoxy) is 1. The molecule has 0 aromatic heterocycles. The number of alkyl carbamates (subject to hydrolysis) is 1. The van der Waals surface area contributed by atoms with Gasteiger partial charge in [0.05, 0.1) is 5.41 Å². The number of hydrogen-bond acceptors (Lipinski definition) is 5. The number of amides is 4. The fourth-order valence-electron chi connectivity index (χ4n) is 4.81. The lowest BCUT2D eigenvalue weighted by Crippen LogP contribution is -2.43. The molecule has 2 heterocycles. The highest BCUT2D eigenvalue weighted by Gasteiger charge is 2.47. The first-order valence-electron chi connectivity index (χ1n) is 12.8. The summed E-state index contributed by atoms with van der Waals surface area (Å²) in [5.74, 6) is -0.505. The monoisotopic (exact) mass is 485 g/mol. The van der Waals surface area contributed by atoms with Crippen molar-refractivity contribution in [3.63, 3.8) is 0 Å². The highest BCUT2D eigenvalue weighted by Crippen LogP contribution is 2.38. The molecular formula is C27H39N3O5. The number of rotatable bonds is 8. The zero-order chi connectivity index (χ0) is 25.5. The van der Waals surface area contributed by atoms with Crippen molar-refractivity contribution in [3.8, 4) is 0 Å². The van der Waals surface area contributed by atoms with Crippen molar-refractivity contribution in [1.29, 1.82) is 0 Å². The van der Waals surface area contributed by atoms with Crippen LogP contribution in [0.1, 0.15) is 88.1 Å². The molecule has 1 aromatic rings. The molecule has 0 aliphatic carbocycles. The molecule has 1 spiro atoms. The summed E-state index contributed by atoms with van der Waals surface area (Å²) in [5.41, 5.74) is 0.638. The Labute approximate surface area is 208 Å². The molecular weight excluding hydrogens is 446 g/mol. The first-order valence-corrected chi connectivity index (χ1v) is 12.8. The van der Waals surface area contributed by atoms with Gasteiger partial charge in [-0.2, -0.15) is 0 Å². The lowest BCUT2D eigenvalue weighted by atomic mass is 9.82. The molecule has 0 saturated carbocycles. The molecule has 1 aromatic carbocycles. The van der Waals surface area contributed by atoms with Crippen LogP contribution < -0.4 is 10.6 Å². The Morgan fingerprint density at radius 2 is 1.89 bits per heavy atom. The Hall–Kier alpha value is -2.90. The number of unbranched alkanes of at least 4 members (excludes halogenated alkanes) is 3. The summed E-state index contributed by atoms with van der Waals surface area (Å²) in [4.78, 5) is 50.9. The second kappa shape index (κ2) is 11.7. The molecule has 1 atom stereocenters. The molecule has 2 aliphatic heterocycles. The zero-order valence-electron chi connectivity index (χ0n) is 21.3. The van der Waals surface area contributed by atoms with Crippen LogP contribution in [0.5, 0.6) is 0 Å². The number of nitrogens with zero attached hydrogens (tertiary/aromatic N) is 1. The van der Waals surface area contributed by atoms with Gasteiger partial charge in [0.15, 0.2) is 0 Å². The molecule has 2 N–H and O–H groups in total. The van der Waals surface area contributed by atoms with Crippen molar-refractivity contribution >= 4 is 23.8 Å². The number of carbonyl (C=O) groups is 4. The smallest absolute Gasteiger partial charge is 0.407 e. The molecule has 4 amide bonds. The quantitative estimate of drug-likeness (QED) is 0.428. The highest BCUT2D eigenvalue weighted by atomic mass is 16.6. The number of hydrogen-bond donors (Lipinski definition) is 2. The third-order valence-electron chi connectivity index (χ3n) is 6.67. The van der Waals surface area contributed by atoms with Crippen molar-refractivity contribution in [2.24, 2.45) is 5.41 Å². The van der Waals surface area contributed by atoms with Gasteiger partial charge in [0.2, 0.25) is 11.8 Å². The normalized spacial score (nSPS) is 20.5. The van der Waals surface area contributed by atoms with E-state index in [1.54, 1.807) is 4.90 Å². The van der Waals surface area contributed by atoms with Gasteiger partial charge in [-0.15, -0.1) is 0 Å². The summed E-state index contributed by atoms with van der Waals surface area (Å²) < 4.78 is 5.22. The summed E-state index contributed by atoms with van der Waals surface area (Å²) in [6.45, 7) is 7.03. The van der Waals surface area contributed by atoms with Gasteiger partial charge in [0.1, 0.15) is 5.60 Å². The standard InChI is InChI=1S/C27H39N3O5/c1-26(2,3)35-25(34)28-16-7-5-4-6-10-20-11-8-12-21(18-20)23(32)30-17-15-27(19-30)14-9-13-22(31)29-24(27)33/h8,11-12,18H,4-7,9-10,13-17,19H2,1-3H3,(H,28,34)(H,29,31,33). The minimum Gasteiger partial charge on any atom is -0.444 e. The van der Waals surface area contributed by atoms with E-state index in [4.69, 9.17) is 4.74 Å². The van der Waals surface area contributed by atoms with E-state index < -0.39 is 11.0 Å². The molecule has 2 aliphatic rings. The fourth-order valence-corrected chi connectivity index (χ4v) is 4.81. The maximum absolute atomic E-state index is 13.2. The van der Waals surface area contributed by atoms with Crippen LogP contribution in [-0.4, -0.2) is 54.0 Å². The number of likely N-dealkylation sites (tertiary alicyclic amines) is 1. The van der Waals surface area contributed by atoms with E-state index in [2.05, 4.69) is 10.6 Å². The average molecular weight is 486 g/mol. The first kappa shape index (κ1) is 26.7. The summed E-state index contributed by atoms with van der Waals surface area (Å²) in [6, 6.07) is 7.73. The fraction of sp³-hybridized carbons (Fsp3) is 0.630. The van der Waals surface area contributed by atoms with Crippen LogP contribution in [0.15, 0.2) is 24.3 Å². The van der Waals surface area contributed by atoms with E-state index in [1.807, 2.05) is 45.0 Å². The molecule has 192 valence electrons. The van der Waals surface area contributed by atoms with Crippen LogP contribution in [0, 0.1) is 5.41 Å². The SMILES string of the molecule is CC(C)(C)OC(=O)NCCCCCCc1cccc(C(=O)N2CCC3(CCCC(=O)NC3=O)C2)c1. The third-order valence-corrected chi connectivity index (χ3v) is 6.67. The molecule has 2 saturated heterocycles. The van der Waals surface area contributed by atoms with Crippen LogP contribution in [0.25, 0.3) is 0 Å². The second-order valence-electron chi connectivity index (χ2n) is 10.8. The van der Waals surface area contributed by atoms with Gasteiger partial charge in [-0.1, -0.05) is 25.0 Å². The summed E-state index contributed by atoms with van der Waals surface area (Å²) in [7, 11) is 0. The van der Waals surface area contributed by atoms with Gasteiger partial charge in [0.25, 0.3) is 5.91 Å². The van der Waals surface area contributed by atoms with Crippen molar-refractivity contribution in [2.75, 3.05) is 19.6 Å². The molecule has 8 heteroatoms. The predicted molar refractivity (Wildman–Crippen MR) is 133 cm³/mol. The van der Waals surface area contributed by atoms with Crippen LogP contribution in [0.3, 0.4) is 0 Å². The topological polar surface area (TPSA) is 105 Å². The van der Waals surface area contributed by atoms with E-state index in [0.717, 1.165) is 37.7 Å². The van der Waals surface area contributed by atoms with Gasteiger partial charge < -0.3 is 15.0 Å². The molecule has 8 nitrogen and oxygen atoms in total. The summed E-state index contributed by atoms with van der Waals surface area (Å²) >= 11 is 0. The highest BCUT2D eigenvalue weighted by molar-refractivity contribution is 6.00. The minimum absolute atomic E-state index is 0.0553. The Bertz CT molecular complexity index is 939. The number of carbonyl (C=O) groups excluding carboxylic acids is 4. The van der Waals surface area contributed by atoms with Crippen LogP contribution in [0.2, 0.25) is 0 Å². The Kier molecular flexibility index (Phi) is 8.92. The predicted octanol–water partition coefficient (Wildman–Crippen LogP) is 3.97. The molecule has 1 unspecified atom stereocenters. The number of imide groups is 1. The minimum atomic E-state index is -0.641. The summed E-state index contributed by atoms with van der Waals surface area (Å²) in [6.07, 6.45) is 6.73. The largest absolute Gasteiger partial charge is 0.444 e. The van der Waals surface area contributed by atoms with Gasteiger partial charge in [-0.3, -0.25) is 19.7 Å². The van der Waals surface area contributed by atoms with Crippen LogP contribution in [-0.2, 0) is 20.7 Å². The van der Waals surface area contributed by atoms with E-state index >= 15 is 0 Å². The van der Waals surface area contributed by atoms with E-state index in [1.165, 1.54) is 0 Å². The molecule has 2 fully saturated rings. The summed E-state index contributed by atoms with van der Waals surface area (Å²) in [5, 5.41) is 5.28. The van der Waals surface area contributed by atoms with Crippen LogP contribution in [0.4, 0.5) is 4.79 Å². The molecule has 0 radical (unpaired) electrons. The lowest BCUT2D eigenvalue weighted by Gasteiger charge is -2.25.